The van der Waals surface area contributed by atoms with Crippen LogP contribution >= 0.6 is 27.3 Å². The molecule has 3 rings (SSSR count). The molecule has 3 nitrogen and oxygen atoms in total. The van der Waals surface area contributed by atoms with Crippen LogP contribution in [-0.2, 0) is 0 Å². The van der Waals surface area contributed by atoms with Crippen LogP contribution in [0.4, 0.5) is 5.82 Å². The van der Waals surface area contributed by atoms with E-state index in [-0.39, 0.29) is 0 Å². The van der Waals surface area contributed by atoms with E-state index < -0.39 is 0 Å². The number of H-pyrrole nitrogens is 1. The Kier molecular flexibility index (Phi) is 3.16. The molecular formula is C14H12BrN3S. The van der Waals surface area contributed by atoms with Gasteiger partial charge in [0.25, 0.3) is 0 Å². The zero-order valence-corrected chi connectivity index (χ0v) is 12.7. The Morgan fingerprint density at radius 1 is 1.32 bits per heavy atom. The Balaban J connectivity index is 2.22. The molecule has 96 valence electrons. The summed E-state index contributed by atoms with van der Waals surface area (Å²) in [5.41, 5.74) is 11.4. The number of hydrogen-bond acceptors (Lipinski definition) is 3. The number of nitrogens with one attached hydrogen (secondary N) is 1. The van der Waals surface area contributed by atoms with Gasteiger partial charge in [0, 0.05) is 10.9 Å². The Bertz CT molecular complexity index is 730. The van der Waals surface area contributed by atoms with E-state index >= 15 is 0 Å². The number of nitrogen functional groups attached to an aromatic ring is 1. The van der Waals surface area contributed by atoms with E-state index in [2.05, 4.69) is 56.6 Å². The number of aryl methyl sites for hydroxylation is 1. The smallest absolute Gasteiger partial charge is 0.153 e. The number of hydrogen-bond donors (Lipinski definition) is 2. The third kappa shape index (κ3) is 2.19. The van der Waals surface area contributed by atoms with Gasteiger partial charge in [-0.05, 0) is 40.0 Å². The normalized spacial score (nSPS) is 10.8. The van der Waals surface area contributed by atoms with Crippen molar-refractivity contribution in [3.63, 3.8) is 0 Å². The lowest BCUT2D eigenvalue weighted by molar-refractivity contribution is 1.10. The molecule has 0 fully saturated rings. The molecule has 0 bridgehead atoms. The molecule has 1 aromatic carbocycles. The quantitative estimate of drug-likeness (QED) is 0.727. The molecule has 5 heteroatoms. The molecule has 19 heavy (non-hydrogen) atoms. The van der Waals surface area contributed by atoms with Crippen LogP contribution in [0.15, 0.2) is 39.5 Å². The zero-order valence-electron chi connectivity index (χ0n) is 10.3. The largest absolute Gasteiger partial charge is 0.382 e. The second-order valence-electron chi connectivity index (χ2n) is 4.31. The summed E-state index contributed by atoms with van der Waals surface area (Å²) in [4.78, 5) is 0. The summed E-state index contributed by atoms with van der Waals surface area (Å²) in [5, 5.41) is 9.28. The predicted molar refractivity (Wildman–Crippen MR) is 84.2 cm³/mol. The SMILES string of the molecule is Cc1ccccc1-c1c(N)n[nH]c1-c1csc(Br)c1. The summed E-state index contributed by atoms with van der Waals surface area (Å²) in [6.45, 7) is 2.08. The van der Waals surface area contributed by atoms with Gasteiger partial charge in [0.1, 0.15) is 0 Å². The molecule has 0 saturated carbocycles. The minimum Gasteiger partial charge on any atom is -0.382 e. The van der Waals surface area contributed by atoms with Gasteiger partial charge in [-0.2, -0.15) is 5.10 Å². The standard InChI is InChI=1S/C14H12BrN3S/c1-8-4-2-3-5-10(8)12-13(17-18-14(12)16)9-6-11(15)19-7-9/h2-7H,1H3,(H3,16,17,18). The fourth-order valence-corrected chi connectivity index (χ4v) is 3.28. The highest BCUT2D eigenvalue weighted by Gasteiger charge is 2.16. The Morgan fingerprint density at radius 2 is 2.11 bits per heavy atom. The summed E-state index contributed by atoms with van der Waals surface area (Å²) in [7, 11) is 0. The van der Waals surface area contributed by atoms with Crippen molar-refractivity contribution in [3.05, 3.63) is 45.1 Å². The van der Waals surface area contributed by atoms with Crippen molar-refractivity contribution in [2.75, 3.05) is 5.73 Å². The molecule has 0 amide bonds. The Hall–Kier alpha value is -1.59. The topological polar surface area (TPSA) is 54.7 Å². The fourth-order valence-electron chi connectivity index (χ4n) is 2.13. The summed E-state index contributed by atoms with van der Waals surface area (Å²) < 4.78 is 1.09. The number of rotatable bonds is 2. The average Bonchev–Trinajstić information content (AvgIpc) is 2.96. The average molecular weight is 334 g/mol. The number of anilines is 1. The maximum Gasteiger partial charge on any atom is 0.153 e. The zero-order chi connectivity index (χ0) is 13.4. The molecule has 0 aliphatic heterocycles. The number of halogens is 1. The van der Waals surface area contributed by atoms with E-state index in [1.807, 2.05) is 12.1 Å². The minimum absolute atomic E-state index is 0.534. The van der Waals surface area contributed by atoms with E-state index in [1.54, 1.807) is 11.3 Å². The van der Waals surface area contributed by atoms with E-state index in [4.69, 9.17) is 5.73 Å². The lowest BCUT2D eigenvalue weighted by Gasteiger charge is -2.06. The van der Waals surface area contributed by atoms with Crippen molar-refractivity contribution in [2.24, 2.45) is 0 Å². The molecule has 0 saturated heterocycles. The summed E-state index contributed by atoms with van der Waals surface area (Å²) >= 11 is 5.13. The third-order valence-corrected chi connectivity index (χ3v) is 4.57. The first-order valence-corrected chi connectivity index (χ1v) is 7.48. The van der Waals surface area contributed by atoms with Crippen LogP contribution in [0.25, 0.3) is 22.4 Å². The molecule has 0 aliphatic rings. The van der Waals surface area contributed by atoms with Gasteiger partial charge in [-0.15, -0.1) is 11.3 Å². The van der Waals surface area contributed by atoms with E-state index in [0.717, 1.165) is 26.2 Å². The molecule has 0 radical (unpaired) electrons. The molecule has 0 unspecified atom stereocenters. The van der Waals surface area contributed by atoms with Crippen molar-refractivity contribution in [3.8, 4) is 22.4 Å². The fraction of sp³-hybridized carbons (Fsp3) is 0.0714. The second-order valence-corrected chi connectivity index (χ2v) is 6.60. The van der Waals surface area contributed by atoms with Crippen LogP contribution in [-0.4, -0.2) is 10.2 Å². The lowest BCUT2D eigenvalue weighted by Crippen LogP contribution is -1.90. The highest BCUT2D eigenvalue weighted by molar-refractivity contribution is 9.11. The van der Waals surface area contributed by atoms with Crippen LogP contribution in [0, 0.1) is 6.92 Å². The van der Waals surface area contributed by atoms with Gasteiger partial charge < -0.3 is 5.73 Å². The van der Waals surface area contributed by atoms with E-state index in [9.17, 15) is 0 Å². The van der Waals surface area contributed by atoms with Gasteiger partial charge in [-0.1, -0.05) is 24.3 Å². The monoisotopic (exact) mass is 333 g/mol. The van der Waals surface area contributed by atoms with Crippen molar-refractivity contribution in [1.29, 1.82) is 0 Å². The van der Waals surface area contributed by atoms with Crippen molar-refractivity contribution < 1.29 is 0 Å². The first-order valence-electron chi connectivity index (χ1n) is 5.81. The van der Waals surface area contributed by atoms with Crippen LogP contribution in [0.5, 0.6) is 0 Å². The van der Waals surface area contributed by atoms with Crippen molar-refractivity contribution in [1.82, 2.24) is 10.2 Å². The molecule has 2 aromatic heterocycles. The van der Waals surface area contributed by atoms with Crippen LogP contribution in [0.1, 0.15) is 5.56 Å². The minimum atomic E-state index is 0.534. The van der Waals surface area contributed by atoms with Gasteiger partial charge in [0.2, 0.25) is 0 Å². The number of thiophene rings is 1. The number of nitrogens with zero attached hydrogens (tertiary/aromatic N) is 1. The summed E-state index contributed by atoms with van der Waals surface area (Å²) in [6, 6.07) is 10.3. The second kappa shape index (κ2) is 4.83. The number of aromatic nitrogens is 2. The summed E-state index contributed by atoms with van der Waals surface area (Å²) in [5.74, 6) is 0.534. The third-order valence-electron chi connectivity index (χ3n) is 3.06. The first-order chi connectivity index (χ1) is 9.16. The molecule has 3 aromatic rings. The van der Waals surface area contributed by atoms with Crippen molar-refractivity contribution in [2.45, 2.75) is 6.92 Å². The lowest BCUT2D eigenvalue weighted by atomic mass is 9.98. The van der Waals surface area contributed by atoms with Crippen LogP contribution in [0.3, 0.4) is 0 Å². The van der Waals surface area contributed by atoms with Gasteiger partial charge in [-0.25, -0.2) is 0 Å². The number of aromatic amines is 1. The Morgan fingerprint density at radius 3 is 2.79 bits per heavy atom. The van der Waals surface area contributed by atoms with Gasteiger partial charge in [-0.3, -0.25) is 5.10 Å². The Labute approximate surface area is 123 Å². The highest BCUT2D eigenvalue weighted by atomic mass is 79.9. The predicted octanol–water partition coefficient (Wildman–Crippen LogP) is 4.46. The summed E-state index contributed by atoms with van der Waals surface area (Å²) in [6.07, 6.45) is 0. The van der Waals surface area contributed by atoms with Gasteiger partial charge in [0.05, 0.1) is 15.0 Å². The van der Waals surface area contributed by atoms with E-state index in [1.165, 1.54) is 5.56 Å². The number of nitrogens with two attached hydrogens (primary N) is 1. The molecule has 3 N–H and O–H groups in total. The molecule has 0 atom stereocenters. The number of benzene rings is 1. The first kappa shape index (κ1) is 12.4. The maximum atomic E-state index is 6.04. The van der Waals surface area contributed by atoms with Crippen molar-refractivity contribution >= 4 is 33.1 Å². The highest BCUT2D eigenvalue weighted by Crippen LogP contribution is 2.38. The maximum absolute atomic E-state index is 6.04. The van der Waals surface area contributed by atoms with Crippen LogP contribution < -0.4 is 5.73 Å². The molecule has 0 aliphatic carbocycles. The van der Waals surface area contributed by atoms with E-state index in [0.29, 0.717) is 5.82 Å². The molecule has 2 heterocycles. The molecule has 0 spiro atoms. The van der Waals surface area contributed by atoms with Gasteiger partial charge in [0.15, 0.2) is 5.82 Å². The van der Waals surface area contributed by atoms with Gasteiger partial charge >= 0.3 is 0 Å². The molecular weight excluding hydrogens is 322 g/mol. The van der Waals surface area contributed by atoms with Crippen LogP contribution in [0.2, 0.25) is 0 Å².